The molecule has 2 aromatic heterocycles. The molecule has 7 nitrogen and oxygen atoms in total. The van der Waals surface area contributed by atoms with Gasteiger partial charge in [0, 0.05) is 49.0 Å². The van der Waals surface area contributed by atoms with Gasteiger partial charge in [-0.05, 0) is 55.8 Å². The number of carbonyl (C=O) groups is 2. The van der Waals surface area contributed by atoms with Crippen LogP contribution in [0.3, 0.4) is 0 Å². The molecule has 160 valence electrons. The average Bonchev–Trinajstić information content (AvgIpc) is 3.20. The van der Waals surface area contributed by atoms with Crippen molar-refractivity contribution in [2.75, 3.05) is 36.4 Å². The molecule has 8 heteroatoms. The summed E-state index contributed by atoms with van der Waals surface area (Å²) >= 11 is 1.47. The summed E-state index contributed by atoms with van der Waals surface area (Å²) in [4.78, 5) is 37.1. The quantitative estimate of drug-likeness (QED) is 0.595. The van der Waals surface area contributed by atoms with E-state index in [1.807, 2.05) is 53.6 Å². The van der Waals surface area contributed by atoms with Crippen LogP contribution in [0.5, 0.6) is 0 Å². The van der Waals surface area contributed by atoms with Gasteiger partial charge in [-0.3, -0.25) is 9.59 Å². The summed E-state index contributed by atoms with van der Waals surface area (Å²) in [7, 11) is 0. The fourth-order valence-corrected chi connectivity index (χ4v) is 4.26. The molecule has 4 rings (SSSR count). The van der Waals surface area contributed by atoms with E-state index in [1.165, 1.54) is 11.3 Å². The molecule has 0 atom stereocenters. The number of hydrogen-bond acceptors (Lipinski definition) is 7. The summed E-state index contributed by atoms with van der Waals surface area (Å²) in [5.74, 6) is 0.911. The molecule has 1 aliphatic rings. The van der Waals surface area contributed by atoms with E-state index in [4.69, 9.17) is 0 Å². The average molecular weight is 436 g/mol. The van der Waals surface area contributed by atoms with Gasteiger partial charge in [0.05, 0.1) is 12.1 Å². The van der Waals surface area contributed by atoms with Crippen LogP contribution in [0, 0.1) is 6.92 Å². The van der Waals surface area contributed by atoms with Gasteiger partial charge in [-0.2, -0.15) is 0 Å². The summed E-state index contributed by atoms with van der Waals surface area (Å²) in [5, 5.41) is 5.85. The molecular formula is C23H25N5O2S. The third-order valence-corrected chi connectivity index (χ3v) is 6.11. The first-order chi connectivity index (χ1) is 15.0. The van der Waals surface area contributed by atoms with Crippen molar-refractivity contribution in [2.45, 2.75) is 20.3 Å². The van der Waals surface area contributed by atoms with Crippen LogP contribution in [0.1, 0.15) is 28.5 Å². The number of hydrogen-bond donors (Lipinski definition) is 1. The van der Waals surface area contributed by atoms with Gasteiger partial charge < -0.3 is 15.1 Å². The highest BCUT2D eigenvalue weighted by atomic mass is 32.1. The molecule has 1 amide bonds. The number of rotatable bonds is 6. The Labute approximate surface area is 185 Å². The van der Waals surface area contributed by atoms with Crippen molar-refractivity contribution in [1.82, 2.24) is 14.9 Å². The van der Waals surface area contributed by atoms with E-state index in [2.05, 4.69) is 20.2 Å². The first-order valence-corrected chi connectivity index (χ1v) is 11.1. The van der Waals surface area contributed by atoms with E-state index < -0.39 is 0 Å². The number of Topliss-reactive ketones (excluding diaryl/α,β-unsaturated/α-hetero) is 1. The van der Waals surface area contributed by atoms with E-state index in [-0.39, 0.29) is 11.7 Å². The molecule has 0 radical (unpaired) electrons. The molecule has 1 saturated heterocycles. The van der Waals surface area contributed by atoms with Crippen molar-refractivity contribution in [3.8, 4) is 0 Å². The van der Waals surface area contributed by atoms with Gasteiger partial charge in [0.2, 0.25) is 5.91 Å². The lowest BCUT2D eigenvalue weighted by Crippen LogP contribution is -2.49. The second-order valence-corrected chi connectivity index (χ2v) is 8.49. The normalized spacial score (nSPS) is 13.9. The zero-order valence-corrected chi connectivity index (χ0v) is 18.5. The van der Waals surface area contributed by atoms with Crippen LogP contribution in [-0.2, 0) is 11.2 Å². The monoisotopic (exact) mass is 435 g/mol. The van der Waals surface area contributed by atoms with Crippen molar-refractivity contribution >= 4 is 39.7 Å². The topological polar surface area (TPSA) is 78.4 Å². The van der Waals surface area contributed by atoms with Gasteiger partial charge in [-0.1, -0.05) is 0 Å². The second-order valence-electron chi connectivity index (χ2n) is 7.64. The van der Waals surface area contributed by atoms with E-state index in [1.54, 1.807) is 13.1 Å². The summed E-state index contributed by atoms with van der Waals surface area (Å²) in [5.41, 5.74) is 3.69. The molecular weight excluding hydrogens is 410 g/mol. The maximum atomic E-state index is 12.7. The summed E-state index contributed by atoms with van der Waals surface area (Å²) in [6.07, 6.45) is 2.06. The summed E-state index contributed by atoms with van der Waals surface area (Å²) < 4.78 is 0. The van der Waals surface area contributed by atoms with Gasteiger partial charge >= 0.3 is 0 Å². The lowest BCUT2D eigenvalue weighted by Gasteiger charge is -2.36. The van der Waals surface area contributed by atoms with Crippen molar-refractivity contribution in [3.63, 3.8) is 0 Å². The smallest absolute Gasteiger partial charge is 0.228 e. The highest BCUT2D eigenvalue weighted by molar-refractivity contribution is 7.13. The van der Waals surface area contributed by atoms with E-state index in [0.29, 0.717) is 25.1 Å². The number of amides is 1. The number of thiazole rings is 1. The molecule has 31 heavy (non-hydrogen) atoms. The molecule has 0 unspecified atom stereocenters. The minimum Gasteiger partial charge on any atom is -0.368 e. The molecule has 0 spiro atoms. The minimum atomic E-state index is 0.0671. The number of anilines is 3. The molecule has 1 fully saturated rings. The van der Waals surface area contributed by atoms with Crippen LogP contribution in [0.15, 0.2) is 48.0 Å². The highest BCUT2D eigenvalue weighted by Gasteiger charge is 2.22. The first-order valence-electron chi connectivity index (χ1n) is 10.3. The Morgan fingerprint density at radius 3 is 2.52 bits per heavy atom. The van der Waals surface area contributed by atoms with E-state index in [9.17, 15) is 9.59 Å². The maximum Gasteiger partial charge on any atom is 0.228 e. The molecule has 1 aromatic carbocycles. The number of nitrogens with zero attached hydrogens (tertiary/aromatic N) is 4. The molecule has 1 N–H and O–H groups in total. The van der Waals surface area contributed by atoms with Gasteiger partial charge in [-0.15, -0.1) is 11.3 Å². The van der Waals surface area contributed by atoms with Gasteiger partial charge in [0.25, 0.3) is 0 Å². The van der Waals surface area contributed by atoms with Crippen LogP contribution in [-0.4, -0.2) is 52.7 Å². The van der Waals surface area contributed by atoms with Gasteiger partial charge in [0.15, 0.2) is 10.9 Å². The number of ketones is 1. The van der Waals surface area contributed by atoms with Crippen LogP contribution in [0.25, 0.3) is 0 Å². The lowest BCUT2D eigenvalue weighted by atomic mass is 10.1. The fraction of sp³-hybridized carbons (Fsp3) is 0.304. The Morgan fingerprint density at radius 1 is 1.10 bits per heavy atom. The van der Waals surface area contributed by atoms with Crippen molar-refractivity contribution in [3.05, 3.63) is 64.8 Å². The largest absolute Gasteiger partial charge is 0.368 e. The number of benzene rings is 1. The maximum absolute atomic E-state index is 12.7. The Balaban J connectivity index is 1.29. The third-order valence-electron chi connectivity index (χ3n) is 5.31. The number of pyridine rings is 1. The molecule has 0 bridgehead atoms. The predicted molar refractivity (Wildman–Crippen MR) is 123 cm³/mol. The minimum absolute atomic E-state index is 0.0671. The highest BCUT2D eigenvalue weighted by Crippen LogP contribution is 2.22. The van der Waals surface area contributed by atoms with Crippen molar-refractivity contribution < 1.29 is 9.59 Å². The second kappa shape index (κ2) is 9.26. The fourth-order valence-electron chi connectivity index (χ4n) is 3.55. The van der Waals surface area contributed by atoms with E-state index in [0.717, 1.165) is 41.0 Å². The van der Waals surface area contributed by atoms with Gasteiger partial charge in [0.1, 0.15) is 5.82 Å². The predicted octanol–water partition coefficient (Wildman–Crippen LogP) is 3.68. The number of nitrogens with one attached hydrogen (secondary N) is 1. The number of aromatic nitrogens is 2. The lowest BCUT2D eigenvalue weighted by molar-refractivity contribution is -0.130. The number of carbonyl (C=O) groups excluding carboxylic acids is 2. The Bertz CT molecular complexity index is 1070. The molecule has 0 saturated carbocycles. The van der Waals surface area contributed by atoms with Gasteiger partial charge in [-0.25, -0.2) is 9.97 Å². The number of aryl methyl sites for hydroxylation is 1. The van der Waals surface area contributed by atoms with Crippen LogP contribution >= 0.6 is 11.3 Å². The summed E-state index contributed by atoms with van der Waals surface area (Å²) in [6, 6.07) is 11.6. The Kier molecular flexibility index (Phi) is 6.27. The zero-order valence-electron chi connectivity index (χ0n) is 17.7. The van der Waals surface area contributed by atoms with Crippen LogP contribution < -0.4 is 10.2 Å². The van der Waals surface area contributed by atoms with Crippen molar-refractivity contribution in [1.29, 1.82) is 0 Å². The Morgan fingerprint density at radius 2 is 1.84 bits per heavy atom. The van der Waals surface area contributed by atoms with E-state index >= 15 is 0 Å². The van der Waals surface area contributed by atoms with Crippen molar-refractivity contribution in [2.24, 2.45) is 0 Å². The molecule has 0 aliphatic carbocycles. The van der Waals surface area contributed by atoms with Crippen LogP contribution in [0.2, 0.25) is 0 Å². The zero-order chi connectivity index (χ0) is 21.8. The number of piperazine rings is 1. The molecule has 3 heterocycles. The Hall–Kier alpha value is -3.26. The standard InChI is InChI=1S/C23H25N5O2S/c1-16-7-8-24-21(13-16)26-23-25-19(15-31-23)14-22(30)28-11-9-27(10-12-28)20-5-3-18(4-6-20)17(2)29/h3-8,13,15H,9-12,14H2,1-2H3,(H,24,25,26). The van der Waals surface area contributed by atoms with Crippen LogP contribution in [0.4, 0.5) is 16.6 Å². The molecule has 3 aromatic rings. The summed E-state index contributed by atoms with van der Waals surface area (Å²) in [6.45, 7) is 6.48. The SMILES string of the molecule is CC(=O)c1ccc(N2CCN(C(=O)Cc3csc(Nc4cc(C)ccn4)n3)CC2)cc1. The first kappa shape index (κ1) is 21.0. The third kappa shape index (κ3) is 5.27. The molecule has 1 aliphatic heterocycles.